The highest BCUT2D eigenvalue weighted by molar-refractivity contribution is 6.08. The van der Waals surface area contributed by atoms with E-state index in [2.05, 4.69) is 38.9 Å². The van der Waals surface area contributed by atoms with Crippen LogP contribution in [0.2, 0.25) is 0 Å². The Morgan fingerprint density at radius 3 is 2.81 bits per heavy atom. The van der Waals surface area contributed by atoms with Crippen LogP contribution in [0.4, 0.5) is 5.82 Å². The van der Waals surface area contributed by atoms with Gasteiger partial charge in [0.05, 0.1) is 23.4 Å². The summed E-state index contributed by atoms with van der Waals surface area (Å²) in [6, 6.07) is 7.55. The number of carbonyl (C=O) groups is 2. The zero-order chi connectivity index (χ0) is 23.1. The van der Waals surface area contributed by atoms with Gasteiger partial charge in [0.2, 0.25) is 0 Å². The number of hydrogen-bond acceptors (Lipinski definition) is 7. The maximum absolute atomic E-state index is 12.9. The third kappa shape index (κ3) is 5.46. The highest BCUT2D eigenvalue weighted by Gasteiger charge is 2.17. The summed E-state index contributed by atoms with van der Waals surface area (Å²) >= 11 is 0. The van der Waals surface area contributed by atoms with Gasteiger partial charge in [-0.2, -0.15) is 5.10 Å². The van der Waals surface area contributed by atoms with Crippen molar-refractivity contribution in [3.63, 3.8) is 0 Å². The monoisotopic (exact) mass is 438 g/mol. The molecule has 1 aliphatic heterocycles. The average Bonchev–Trinajstić information content (AvgIpc) is 3.13. The first-order valence-electron chi connectivity index (χ1n) is 10.2. The third-order valence-corrected chi connectivity index (χ3v) is 4.81. The van der Waals surface area contributed by atoms with Gasteiger partial charge in [0, 0.05) is 30.7 Å². The molecule has 10 heteroatoms. The maximum Gasteiger partial charge on any atom is 0.290 e. The molecular weight excluding hydrogens is 412 g/mol. The molecule has 32 heavy (non-hydrogen) atoms. The van der Waals surface area contributed by atoms with Crippen LogP contribution in [0.5, 0.6) is 5.75 Å². The Hall–Kier alpha value is -3.79. The molecule has 1 aromatic carbocycles. The van der Waals surface area contributed by atoms with Crippen molar-refractivity contribution in [1.82, 2.24) is 25.3 Å². The minimum absolute atomic E-state index is 0.250. The average molecular weight is 438 g/mol. The van der Waals surface area contributed by atoms with E-state index in [9.17, 15) is 4.79 Å². The topological polar surface area (TPSA) is 131 Å². The van der Waals surface area contributed by atoms with Crippen molar-refractivity contribution in [2.45, 2.75) is 26.3 Å². The number of amides is 1. The van der Waals surface area contributed by atoms with Crippen LogP contribution in [0.1, 0.15) is 36.3 Å². The van der Waals surface area contributed by atoms with Crippen LogP contribution in [0.15, 0.2) is 36.5 Å². The fraction of sp³-hybridized carbons (Fsp3) is 0.318. The van der Waals surface area contributed by atoms with Gasteiger partial charge in [-0.1, -0.05) is 6.08 Å². The van der Waals surface area contributed by atoms with E-state index in [0.717, 1.165) is 29.6 Å². The molecule has 0 radical (unpaired) electrons. The summed E-state index contributed by atoms with van der Waals surface area (Å²) in [7, 11) is 1.84. The minimum Gasteiger partial charge on any atom is -0.493 e. The van der Waals surface area contributed by atoms with E-state index in [1.807, 2.05) is 26.2 Å². The lowest BCUT2D eigenvalue weighted by atomic mass is 10.0. The zero-order valence-corrected chi connectivity index (χ0v) is 18.2. The lowest BCUT2D eigenvalue weighted by molar-refractivity contribution is -0.122. The molecule has 3 N–H and O–H groups in total. The Morgan fingerprint density at radius 2 is 2.16 bits per heavy atom. The molecule has 1 amide bonds. The number of carboxylic acid groups (broad SMARTS) is 1. The van der Waals surface area contributed by atoms with Crippen molar-refractivity contribution >= 4 is 34.7 Å². The van der Waals surface area contributed by atoms with Gasteiger partial charge < -0.3 is 20.5 Å². The van der Waals surface area contributed by atoms with Gasteiger partial charge in [0.1, 0.15) is 5.75 Å². The molecule has 0 spiro atoms. The Labute approximate surface area is 185 Å². The first-order chi connectivity index (χ1) is 15.4. The van der Waals surface area contributed by atoms with Crippen molar-refractivity contribution in [2.75, 3.05) is 18.5 Å². The van der Waals surface area contributed by atoms with Gasteiger partial charge in [-0.05, 0) is 50.6 Å². The number of anilines is 1. The zero-order valence-electron chi connectivity index (χ0n) is 18.2. The first-order valence-corrected chi connectivity index (χ1v) is 10.2. The quantitative estimate of drug-likeness (QED) is 0.518. The molecule has 0 unspecified atom stereocenters. The van der Waals surface area contributed by atoms with Crippen LogP contribution in [0, 0.1) is 0 Å². The summed E-state index contributed by atoms with van der Waals surface area (Å²) in [6.07, 6.45) is 4.93. The highest BCUT2D eigenvalue weighted by atomic mass is 16.5. The molecule has 3 heterocycles. The number of rotatable bonds is 5. The normalized spacial score (nSPS) is 15.3. The maximum atomic E-state index is 12.9. The lowest BCUT2D eigenvalue weighted by Crippen LogP contribution is -2.29. The predicted octanol–water partition coefficient (Wildman–Crippen LogP) is 2.48. The van der Waals surface area contributed by atoms with Gasteiger partial charge in [-0.15, -0.1) is 10.2 Å². The van der Waals surface area contributed by atoms with Crippen LogP contribution in [-0.4, -0.2) is 56.7 Å². The summed E-state index contributed by atoms with van der Waals surface area (Å²) in [5.74, 6) is 0.598. The Balaban J connectivity index is 0.000000913. The highest BCUT2D eigenvalue weighted by Crippen LogP contribution is 2.26. The molecule has 0 fully saturated rings. The van der Waals surface area contributed by atoms with E-state index in [0.29, 0.717) is 29.8 Å². The number of carbonyl (C=O) groups excluding carboxylic acids is 1. The molecule has 3 aromatic rings. The largest absolute Gasteiger partial charge is 0.493 e. The Morgan fingerprint density at radius 1 is 1.38 bits per heavy atom. The fourth-order valence-corrected chi connectivity index (χ4v) is 3.47. The second kappa shape index (κ2) is 10.5. The Bertz CT molecular complexity index is 1120. The standard InChI is InChI=1S/C21H24N6O2.CH2O2/c1-4-29-19-11-18-15(12-27(3)26-18)10-16(19)21(28)23-20-6-5-17(24-25-20)14-7-8-22-13(2)9-14;2-1-3/h5-6,9-13,22H,4,7-8H2,1-3H3,(H,23,25,28);1H,(H,2,3)/t13-;/m1./s1. The summed E-state index contributed by atoms with van der Waals surface area (Å²) in [4.78, 5) is 21.2. The van der Waals surface area contributed by atoms with Crippen molar-refractivity contribution in [2.24, 2.45) is 7.05 Å². The molecule has 168 valence electrons. The van der Waals surface area contributed by atoms with Crippen molar-refractivity contribution in [1.29, 1.82) is 0 Å². The predicted molar refractivity (Wildman–Crippen MR) is 121 cm³/mol. The van der Waals surface area contributed by atoms with E-state index < -0.39 is 0 Å². The smallest absolute Gasteiger partial charge is 0.290 e. The molecule has 0 saturated heterocycles. The minimum atomic E-state index is -0.295. The molecule has 4 rings (SSSR count). The number of nitrogens with one attached hydrogen (secondary N) is 2. The molecular formula is C22H26N6O4. The fourth-order valence-electron chi connectivity index (χ4n) is 3.47. The van der Waals surface area contributed by atoms with E-state index in [4.69, 9.17) is 14.6 Å². The number of aromatic nitrogens is 4. The van der Waals surface area contributed by atoms with E-state index >= 15 is 0 Å². The van der Waals surface area contributed by atoms with Crippen LogP contribution in [-0.2, 0) is 11.8 Å². The van der Waals surface area contributed by atoms with Gasteiger partial charge in [0.15, 0.2) is 5.82 Å². The summed E-state index contributed by atoms with van der Waals surface area (Å²) in [5.41, 5.74) is 3.22. The number of nitrogens with zero attached hydrogens (tertiary/aromatic N) is 4. The van der Waals surface area contributed by atoms with E-state index in [1.165, 1.54) is 5.57 Å². The van der Waals surface area contributed by atoms with E-state index in [1.54, 1.807) is 22.9 Å². The lowest BCUT2D eigenvalue weighted by Gasteiger charge is -2.18. The number of hydrogen-bond donors (Lipinski definition) is 3. The number of ether oxygens (including phenoxy) is 1. The Kier molecular flexibility index (Phi) is 7.50. The number of fused-ring (bicyclic) bond motifs is 1. The first kappa shape index (κ1) is 22.9. The summed E-state index contributed by atoms with van der Waals surface area (Å²) in [5, 5.41) is 26.8. The van der Waals surface area contributed by atoms with Crippen LogP contribution >= 0.6 is 0 Å². The second-order valence-electron chi connectivity index (χ2n) is 7.19. The number of aryl methyl sites for hydroxylation is 1. The van der Waals surface area contributed by atoms with E-state index in [-0.39, 0.29) is 12.4 Å². The van der Waals surface area contributed by atoms with Crippen LogP contribution in [0.25, 0.3) is 16.5 Å². The van der Waals surface area contributed by atoms with Gasteiger partial charge >= 0.3 is 0 Å². The molecule has 0 aliphatic carbocycles. The van der Waals surface area contributed by atoms with Crippen LogP contribution in [0.3, 0.4) is 0 Å². The number of benzene rings is 1. The molecule has 1 aliphatic rings. The third-order valence-electron chi connectivity index (χ3n) is 4.81. The molecule has 10 nitrogen and oxygen atoms in total. The second-order valence-corrected chi connectivity index (χ2v) is 7.19. The van der Waals surface area contributed by atoms with Crippen molar-refractivity contribution in [3.05, 3.63) is 47.8 Å². The molecule has 2 aromatic heterocycles. The molecule has 0 saturated carbocycles. The van der Waals surface area contributed by atoms with Gasteiger partial charge in [-0.25, -0.2) is 0 Å². The van der Waals surface area contributed by atoms with Crippen molar-refractivity contribution in [3.8, 4) is 5.75 Å². The van der Waals surface area contributed by atoms with Crippen LogP contribution < -0.4 is 15.4 Å². The molecule has 1 atom stereocenters. The van der Waals surface area contributed by atoms with Gasteiger partial charge in [-0.3, -0.25) is 14.3 Å². The van der Waals surface area contributed by atoms with Gasteiger partial charge in [0.25, 0.3) is 12.4 Å². The summed E-state index contributed by atoms with van der Waals surface area (Å²) < 4.78 is 7.37. The molecule has 0 bridgehead atoms. The SMILES string of the molecule is CCOc1cc2nn(C)cc2cc1C(=O)Nc1ccc(C2=C[C@@H](C)NCC2)nn1.O=CO. The summed E-state index contributed by atoms with van der Waals surface area (Å²) in [6.45, 7) is 5.11. The van der Waals surface area contributed by atoms with Crippen molar-refractivity contribution < 1.29 is 19.4 Å².